The summed E-state index contributed by atoms with van der Waals surface area (Å²) in [7, 11) is 0. The van der Waals surface area contributed by atoms with Gasteiger partial charge in [-0.2, -0.15) is 0 Å². The maximum atomic E-state index is 6.26. The van der Waals surface area contributed by atoms with Crippen molar-refractivity contribution in [1.82, 2.24) is 5.16 Å². The lowest BCUT2D eigenvalue weighted by Gasteiger charge is -2.23. The van der Waals surface area contributed by atoms with Crippen LogP contribution in [0.1, 0.15) is 12.8 Å². The molecule has 1 aliphatic rings. The maximum Gasteiger partial charge on any atom is 0.229 e. The van der Waals surface area contributed by atoms with Gasteiger partial charge in [0, 0.05) is 6.61 Å². The van der Waals surface area contributed by atoms with Gasteiger partial charge in [0.15, 0.2) is 0 Å². The van der Waals surface area contributed by atoms with Crippen molar-refractivity contribution in [3.63, 3.8) is 0 Å². The summed E-state index contributed by atoms with van der Waals surface area (Å²) in [6.07, 6.45) is 3.62. The van der Waals surface area contributed by atoms with E-state index in [4.69, 9.17) is 31.3 Å². The van der Waals surface area contributed by atoms with Gasteiger partial charge in [-0.05, 0) is 30.5 Å². The van der Waals surface area contributed by atoms with Crippen LogP contribution in [0.4, 0.5) is 5.88 Å². The Morgan fingerprint density at radius 2 is 2.30 bits per heavy atom. The van der Waals surface area contributed by atoms with Crippen molar-refractivity contribution < 1.29 is 14.0 Å². The van der Waals surface area contributed by atoms with Crippen LogP contribution in [-0.2, 0) is 4.74 Å². The predicted octanol–water partition coefficient (Wildman–Crippen LogP) is 3.14. The fourth-order valence-corrected chi connectivity index (χ4v) is 2.44. The molecule has 0 aliphatic carbocycles. The standard InChI is InChI=1S/C14H15ClN2O3/c15-12-6-9(11-7-17-20-14(11)16)3-4-13(12)19-10-2-1-5-18-8-10/h3-4,6-7,10H,1-2,5,8,16H2. The zero-order valence-electron chi connectivity index (χ0n) is 10.8. The first-order valence-electron chi connectivity index (χ1n) is 6.48. The van der Waals surface area contributed by atoms with Crippen molar-refractivity contribution in [2.24, 2.45) is 0 Å². The average molecular weight is 295 g/mol. The van der Waals surface area contributed by atoms with E-state index in [-0.39, 0.29) is 12.0 Å². The summed E-state index contributed by atoms with van der Waals surface area (Å²) in [5.74, 6) is 0.927. The number of rotatable bonds is 3. The molecule has 0 saturated carbocycles. The van der Waals surface area contributed by atoms with Gasteiger partial charge in [-0.3, -0.25) is 0 Å². The lowest BCUT2D eigenvalue weighted by atomic mass is 10.1. The summed E-state index contributed by atoms with van der Waals surface area (Å²) < 4.78 is 16.1. The molecule has 106 valence electrons. The van der Waals surface area contributed by atoms with Crippen molar-refractivity contribution >= 4 is 17.5 Å². The first kappa shape index (κ1) is 13.3. The SMILES string of the molecule is Nc1oncc1-c1ccc(OC2CCCOC2)c(Cl)c1. The summed E-state index contributed by atoms with van der Waals surface area (Å²) in [5, 5.41) is 4.19. The Balaban J connectivity index is 1.79. The molecule has 0 bridgehead atoms. The highest BCUT2D eigenvalue weighted by atomic mass is 35.5. The van der Waals surface area contributed by atoms with E-state index in [0.29, 0.717) is 17.4 Å². The van der Waals surface area contributed by atoms with Gasteiger partial charge >= 0.3 is 0 Å². The van der Waals surface area contributed by atoms with Crippen LogP contribution in [0.2, 0.25) is 5.02 Å². The Kier molecular flexibility index (Phi) is 3.80. The molecule has 2 aromatic rings. The second kappa shape index (κ2) is 5.73. The van der Waals surface area contributed by atoms with Crippen molar-refractivity contribution in [2.45, 2.75) is 18.9 Å². The van der Waals surface area contributed by atoms with Crippen molar-refractivity contribution in [1.29, 1.82) is 0 Å². The number of nitrogen functional groups attached to an aromatic ring is 1. The highest BCUT2D eigenvalue weighted by molar-refractivity contribution is 6.32. The molecule has 20 heavy (non-hydrogen) atoms. The molecule has 1 fully saturated rings. The Bertz CT molecular complexity index is 594. The van der Waals surface area contributed by atoms with Gasteiger partial charge in [0.25, 0.3) is 0 Å². The highest BCUT2D eigenvalue weighted by Crippen LogP contribution is 2.33. The van der Waals surface area contributed by atoms with Crippen LogP contribution in [0.5, 0.6) is 5.75 Å². The minimum absolute atomic E-state index is 0.0627. The summed E-state index contributed by atoms with van der Waals surface area (Å²) in [5.41, 5.74) is 7.26. The Morgan fingerprint density at radius 3 is 2.95 bits per heavy atom. The molecular formula is C14H15ClN2O3. The van der Waals surface area contributed by atoms with E-state index in [0.717, 1.165) is 30.6 Å². The summed E-state index contributed by atoms with van der Waals surface area (Å²) in [4.78, 5) is 0. The number of hydrogen-bond acceptors (Lipinski definition) is 5. The normalized spacial score (nSPS) is 18.9. The molecule has 1 aliphatic heterocycles. The van der Waals surface area contributed by atoms with E-state index in [1.165, 1.54) is 0 Å². The van der Waals surface area contributed by atoms with E-state index in [1.54, 1.807) is 12.3 Å². The lowest BCUT2D eigenvalue weighted by molar-refractivity contribution is 0.00748. The third kappa shape index (κ3) is 2.73. The largest absolute Gasteiger partial charge is 0.486 e. The summed E-state index contributed by atoms with van der Waals surface area (Å²) in [6.45, 7) is 1.41. The molecule has 6 heteroatoms. The van der Waals surface area contributed by atoms with Gasteiger partial charge in [0.2, 0.25) is 5.88 Å². The van der Waals surface area contributed by atoms with Crippen LogP contribution in [0, 0.1) is 0 Å². The third-order valence-electron chi connectivity index (χ3n) is 3.25. The van der Waals surface area contributed by atoms with Gasteiger partial charge in [-0.15, -0.1) is 0 Å². The third-order valence-corrected chi connectivity index (χ3v) is 3.55. The molecule has 2 N–H and O–H groups in total. The Labute approximate surface area is 121 Å². The highest BCUT2D eigenvalue weighted by Gasteiger charge is 2.17. The number of aromatic nitrogens is 1. The van der Waals surface area contributed by atoms with Gasteiger partial charge in [-0.25, -0.2) is 0 Å². The number of benzene rings is 1. The number of halogens is 1. The monoisotopic (exact) mass is 294 g/mol. The molecule has 3 rings (SSSR count). The number of nitrogens with zero attached hydrogens (tertiary/aromatic N) is 1. The fraction of sp³-hybridized carbons (Fsp3) is 0.357. The van der Waals surface area contributed by atoms with E-state index in [9.17, 15) is 0 Å². The molecule has 1 unspecified atom stereocenters. The zero-order chi connectivity index (χ0) is 13.9. The number of ether oxygens (including phenoxy) is 2. The van der Waals surface area contributed by atoms with Gasteiger partial charge in [-0.1, -0.05) is 22.8 Å². The van der Waals surface area contributed by atoms with Crippen LogP contribution in [-0.4, -0.2) is 24.5 Å². The van der Waals surface area contributed by atoms with Gasteiger partial charge < -0.3 is 19.7 Å². The predicted molar refractivity (Wildman–Crippen MR) is 75.8 cm³/mol. The average Bonchev–Trinajstić information content (AvgIpc) is 2.88. The second-order valence-corrected chi connectivity index (χ2v) is 5.11. The van der Waals surface area contributed by atoms with E-state index < -0.39 is 0 Å². The zero-order valence-corrected chi connectivity index (χ0v) is 11.6. The Hall–Kier alpha value is -1.72. The van der Waals surface area contributed by atoms with Crippen LogP contribution in [0.15, 0.2) is 28.9 Å². The number of nitrogens with two attached hydrogens (primary N) is 1. The Morgan fingerprint density at radius 1 is 1.40 bits per heavy atom. The minimum Gasteiger partial charge on any atom is -0.486 e. The van der Waals surface area contributed by atoms with Crippen LogP contribution in [0.3, 0.4) is 0 Å². The van der Waals surface area contributed by atoms with Crippen LogP contribution in [0.25, 0.3) is 11.1 Å². The topological polar surface area (TPSA) is 70.5 Å². The van der Waals surface area contributed by atoms with E-state index in [2.05, 4.69) is 5.16 Å². The van der Waals surface area contributed by atoms with Crippen molar-refractivity contribution in [2.75, 3.05) is 18.9 Å². The molecule has 5 nitrogen and oxygen atoms in total. The maximum absolute atomic E-state index is 6.26. The molecule has 1 aromatic carbocycles. The molecule has 1 saturated heterocycles. The fourth-order valence-electron chi connectivity index (χ4n) is 2.21. The molecule has 0 spiro atoms. The molecule has 0 radical (unpaired) electrons. The van der Waals surface area contributed by atoms with E-state index >= 15 is 0 Å². The smallest absolute Gasteiger partial charge is 0.229 e. The summed E-state index contributed by atoms with van der Waals surface area (Å²) >= 11 is 6.26. The first-order chi connectivity index (χ1) is 9.74. The van der Waals surface area contributed by atoms with Gasteiger partial charge in [0.05, 0.1) is 23.4 Å². The second-order valence-electron chi connectivity index (χ2n) is 4.71. The quantitative estimate of drug-likeness (QED) is 0.941. The number of hydrogen-bond donors (Lipinski definition) is 1. The summed E-state index contributed by atoms with van der Waals surface area (Å²) in [6, 6.07) is 5.51. The van der Waals surface area contributed by atoms with Crippen LogP contribution >= 0.6 is 11.6 Å². The molecule has 0 amide bonds. The van der Waals surface area contributed by atoms with Crippen LogP contribution < -0.4 is 10.5 Å². The van der Waals surface area contributed by atoms with Crippen molar-refractivity contribution in [3.05, 3.63) is 29.4 Å². The molecular weight excluding hydrogens is 280 g/mol. The lowest BCUT2D eigenvalue weighted by Crippen LogP contribution is -2.28. The minimum atomic E-state index is 0.0627. The van der Waals surface area contributed by atoms with E-state index in [1.807, 2.05) is 12.1 Å². The molecule has 1 aromatic heterocycles. The van der Waals surface area contributed by atoms with Crippen molar-refractivity contribution in [3.8, 4) is 16.9 Å². The number of anilines is 1. The molecule has 2 heterocycles. The molecule has 1 atom stereocenters. The van der Waals surface area contributed by atoms with Gasteiger partial charge in [0.1, 0.15) is 11.9 Å². The first-order valence-corrected chi connectivity index (χ1v) is 6.86.